The van der Waals surface area contributed by atoms with Crippen molar-refractivity contribution in [3.63, 3.8) is 0 Å². The van der Waals surface area contributed by atoms with Gasteiger partial charge in [0.2, 0.25) is 0 Å². The number of benzene rings is 1. The predicted octanol–water partition coefficient (Wildman–Crippen LogP) is 3.66. The Labute approximate surface area is 103 Å². The molecule has 2 rings (SSSR count). The van der Waals surface area contributed by atoms with Crippen LogP contribution in [0, 0.1) is 0 Å². The minimum atomic E-state index is 0.770. The lowest BCUT2D eigenvalue weighted by Gasteiger charge is -2.10. The van der Waals surface area contributed by atoms with E-state index in [0.717, 1.165) is 24.4 Å². The average Bonchev–Trinajstić information content (AvgIpc) is 2.67. The first-order valence-corrected chi connectivity index (χ1v) is 6.12. The van der Waals surface area contributed by atoms with E-state index in [-0.39, 0.29) is 0 Å². The van der Waals surface area contributed by atoms with E-state index in [1.54, 1.807) is 0 Å². The second-order valence-electron chi connectivity index (χ2n) is 4.75. The van der Waals surface area contributed by atoms with Gasteiger partial charge in [0.25, 0.3) is 0 Å². The molecule has 0 aromatic heterocycles. The standard InChI is InChI=1S/C15H20N2/c1-4-11(3)15(16)17-14-6-5-12-7-10(2)8-13(12)9-14/h5-6,8-9,17H,4,7,16H2,1-3H3/b15-11-. The topological polar surface area (TPSA) is 38.0 Å². The predicted molar refractivity (Wildman–Crippen MR) is 74.6 cm³/mol. The summed E-state index contributed by atoms with van der Waals surface area (Å²) in [5.41, 5.74) is 12.4. The second kappa shape index (κ2) is 4.66. The van der Waals surface area contributed by atoms with Crippen LogP contribution in [0.4, 0.5) is 5.69 Å². The van der Waals surface area contributed by atoms with E-state index in [2.05, 4.69) is 50.4 Å². The van der Waals surface area contributed by atoms with Crippen molar-refractivity contribution in [3.8, 4) is 0 Å². The Kier molecular flexibility index (Phi) is 3.23. The highest BCUT2D eigenvalue weighted by molar-refractivity contribution is 5.68. The number of hydrogen-bond acceptors (Lipinski definition) is 2. The molecular formula is C15H20N2. The Hall–Kier alpha value is -1.70. The molecular weight excluding hydrogens is 208 g/mol. The molecule has 0 radical (unpaired) electrons. The quantitative estimate of drug-likeness (QED) is 0.828. The molecule has 1 aromatic carbocycles. The Bertz CT molecular complexity index is 496. The van der Waals surface area contributed by atoms with Gasteiger partial charge in [0, 0.05) is 5.69 Å². The summed E-state index contributed by atoms with van der Waals surface area (Å²) in [6.45, 7) is 6.33. The summed E-state index contributed by atoms with van der Waals surface area (Å²) in [4.78, 5) is 0. The first kappa shape index (κ1) is 11.8. The van der Waals surface area contributed by atoms with Crippen molar-refractivity contribution in [1.29, 1.82) is 0 Å². The van der Waals surface area contributed by atoms with Crippen molar-refractivity contribution in [3.05, 3.63) is 46.3 Å². The summed E-state index contributed by atoms with van der Waals surface area (Å²) in [5, 5.41) is 3.27. The molecule has 1 aliphatic rings. The van der Waals surface area contributed by atoms with Crippen LogP contribution >= 0.6 is 0 Å². The first-order valence-electron chi connectivity index (χ1n) is 6.12. The zero-order valence-electron chi connectivity index (χ0n) is 10.8. The third-order valence-corrected chi connectivity index (χ3v) is 3.29. The van der Waals surface area contributed by atoms with Crippen molar-refractivity contribution < 1.29 is 0 Å². The summed E-state index contributed by atoms with van der Waals surface area (Å²) in [7, 11) is 0. The zero-order valence-corrected chi connectivity index (χ0v) is 10.8. The van der Waals surface area contributed by atoms with Crippen molar-refractivity contribution in [1.82, 2.24) is 0 Å². The van der Waals surface area contributed by atoms with Gasteiger partial charge in [0.05, 0.1) is 5.82 Å². The van der Waals surface area contributed by atoms with Crippen LogP contribution in [0.25, 0.3) is 6.08 Å². The molecule has 90 valence electrons. The maximum atomic E-state index is 5.99. The largest absolute Gasteiger partial charge is 0.385 e. The van der Waals surface area contributed by atoms with E-state index >= 15 is 0 Å². The summed E-state index contributed by atoms with van der Waals surface area (Å²) in [5.74, 6) is 0.770. The number of anilines is 1. The minimum absolute atomic E-state index is 0.770. The second-order valence-corrected chi connectivity index (χ2v) is 4.75. The van der Waals surface area contributed by atoms with Crippen molar-refractivity contribution in [2.75, 3.05) is 5.32 Å². The van der Waals surface area contributed by atoms with Crippen molar-refractivity contribution in [2.45, 2.75) is 33.6 Å². The summed E-state index contributed by atoms with van der Waals surface area (Å²) < 4.78 is 0. The molecule has 0 bridgehead atoms. The highest BCUT2D eigenvalue weighted by Gasteiger charge is 2.09. The van der Waals surface area contributed by atoms with Crippen LogP contribution in [0.15, 0.2) is 35.2 Å². The summed E-state index contributed by atoms with van der Waals surface area (Å²) in [6, 6.07) is 6.45. The molecule has 1 aromatic rings. The molecule has 0 unspecified atom stereocenters. The number of rotatable bonds is 3. The third kappa shape index (κ3) is 2.52. The van der Waals surface area contributed by atoms with Gasteiger partial charge in [0.1, 0.15) is 0 Å². The maximum Gasteiger partial charge on any atom is 0.0993 e. The lowest BCUT2D eigenvalue weighted by Crippen LogP contribution is -2.11. The number of nitrogens with one attached hydrogen (secondary N) is 1. The number of allylic oxidation sites excluding steroid dienone is 2. The normalized spacial score (nSPS) is 15.1. The Balaban J connectivity index is 2.22. The number of hydrogen-bond donors (Lipinski definition) is 2. The molecule has 2 nitrogen and oxygen atoms in total. The number of fused-ring (bicyclic) bond motifs is 1. The van der Waals surface area contributed by atoms with Crippen LogP contribution in [0.3, 0.4) is 0 Å². The molecule has 0 heterocycles. The lowest BCUT2D eigenvalue weighted by atomic mass is 10.1. The molecule has 17 heavy (non-hydrogen) atoms. The maximum absolute atomic E-state index is 5.99. The fraction of sp³-hybridized carbons (Fsp3) is 0.333. The zero-order chi connectivity index (χ0) is 12.4. The van der Waals surface area contributed by atoms with E-state index in [0.29, 0.717) is 0 Å². The van der Waals surface area contributed by atoms with Gasteiger partial charge in [-0.1, -0.05) is 24.6 Å². The summed E-state index contributed by atoms with van der Waals surface area (Å²) in [6.07, 6.45) is 4.30. The Morgan fingerprint density at radius 1 is 1.41 bits per heavy atom. The van der Waals surface area contributed by atoms with Crippen LogP contribution in [0.5, 0.6) is 0 Å². The molecule has 0 fully saturated rings. The van der Waals surface area contributed by atoms with E-state index < -0.39 is 0 Å². The Morgan fingerprint density at radius 2 is 2.18 bits per heavy atom. The average molecular weight is 228 g/mol. The highest BCUT2D eigenvalue weighted by atomic mass is 15.0. The SMILES string of the molecule is CC/C(C)=C(/N)Nc1ccc2c(c1)C=C(C)C2. The van der Waals surface area contributed by atoms with Gasteiger partial charge < -0.3 is 11.1 Å². The third-order valence-electron chi connectivity index (χ3n) is 3.29. The Morgan fingerprint density at radius 3 is 2.88 bits per heavy atom. The van der Waals surface area contributed by atoms with Crippen LogP contribution < -0.4 is 11.1 Å². The van der Waals surface area contributed by atoms with Crippen LogP contribution in [0.1, 0.15) is 38.3 Å². The van der Waals surface area contributed by atoms with E-state index in [1.807, 2.05) is 0 Å². The van der Waals surface area contributed by atoms with Crippen LogP contribution in [0.2, 0.25) is 0 Å². The molecule has 0 saturated heterocycles. The molecule has 1 aliphatic carbocycles. The fourth-order valence-corrected chi connectivity index (χ4v) is 2.04. The van der Waals surface area contributed by atoms with Crippen molar-refractivity contribution in [2.24, 2.45) is 5.73 Å². The van der Waals surface area contributed by atoms with Gasteiger partial charge in [-0.2, -0.15) is 0 Å². The first-order chi connectivity index (χ1) is 8.10. The van der Waals surface area contributed by atoms with Crippen LogP contribution in [-0.4, -0.2) is 0 Å². The molecule has 2 heteroatoms. The van der Waals surface area contributed by atoms with Gasteiger partial charge in [-0.25, -0.2) is 0 Å². The molecule has 0 amide bonds. The van der Waals surface area contributed by atoms with Gasteiger partial charge in [-0.3, -0.25) is 0 Å². The molecule has 3 N–H and O–H groups in total. The van der Waals surface area contributed by atoms with E-state index in [4.69, 9.17) is 5.73 Å². The molecule has 0 spiro atoms. The molecule has 0 aliphatic heterocycles. The van der Waals surface area contributed by atoms with E-state index in [9.17, 15) is 0 Å². The van der Waals surface area contributed by atoms with Crippen molar-refractivity contribution >= 4 is 11.8 Å². The fourth-order valence-electron chi connectivity index (χ4n) is 2.04. The smallest absolute Gasteiger partial charge is 0.0993 e. The van der Waals surface area contributed by atoms with E-state index in [1.165, 1.54) is 22.3 Å². The summed E-state index contributed by atoms with van der Waals surface area (Å²) >= 11 is 0. The van der Waals surface area contributed by atoms with Crippen LogP contribution in [-0.2, 0) is 6.42 Å². The molecule has 0 atom stereocenters. The van der Waals surface area contributed by atoms with Gasteiger partial charge >= 0.3 is 0 Å². The van der Waals surface area contributed by atoms with Gasteiger partial charge in [-0.05, 0) is 55.5 Å². The highest BCUT2D eigenvalue weighted by Crippen LogP contribution is 2.27. The molecule has 0 saturated carbocycles. The number of nitrogens with two attached hydrogens (primary N) is 1. The van der Waals surface area contributed by atoms with Gasteiger partial charge in [-0.15, -0.1) is 0 Å². The monoisotopic (exact) mass is 228 g/mol. The minimum Gasteiger partial charge on any atom is -0.385 e. The van der Waals surface area contributed by atoms with Gasteiger partial charge in [0.15, 0.2) is 0 Å². The lowest BCUT2D eigenvalue weighted by molar-refractivity contribution is 1.04.